The predicted octanol–water partition coefficient (Wildman–Crippen LogP) is 2.68. The third-order valence-corrected chi connectivity index (χ3v) is 3.64. The van der Waals surface area contributed by atoms with Gasteiger partial charge in [-0.05, 0) is 37.5 Å². The smallest absolute Gasteiger partial charge is 0.254 e. The Morgan fingerprint density at radius 2 is 2.32 bits per heavy atom. The lowest BCUT2D eigenvalue weighted by molar-refractivity contribution is 0.0825. The number of benzene rings is 1. The Hall–Kier alpha value is -1.42. The molecule has 3 nitrogen and oxygen atoms in total. The molecule has 0 radical (unpaired) electrons. The van der Waals surface area contributed by atoms with E-state index < -0.39 is 5.82 Å². The fourth-order valence-corrected chi connectivity index (χ4v) is 2.50. The lowest BCUT2D eigenvalue weighted by Crippen LogP contribution is -2.33. The number of rotatable bonds is 4. The van der Waals surface area contributed by atoms with Gasteiger partial charge in [-0.25, -0.2) is 4.39 Å². The molecule has 1 aliphatic heterocycles. The summed E-state index contributed by atoms with van der Waals surface area (Å²) in [6, 6.07) is 4.65. The third kappa shape index (κ3) is 3.32. The van der Waals surface area contributed by atoms with Gasteiger partial charge in [0.15, 0.2) is 0 Å². The van der Waals surface area contributed by atoms with Crippen molar-refractivity contribution in [3.63, 3.8) is 0 Å². The Morgan fingerprint density at radius 1 is 1.53 bits per heavy atom. The predicted molar refractivity (Wildman–Crippen MR) is 71.6 cm³/mol. The summed E-state index contributed by atoms with van der Waals surface area (Å²) in [5.41, 5.74) is 0.918. The van der Waals surface area contributed by atoms with E-state index in [1.165, 1.54) is 12.1 Å². The molecule has 0 spiro atoms. The SMILES string of the molecule is CCC1OCCC1CNC(=O)c1ccc(C)cc1F. The zero-order chi connectivity index (χ0) is 13.8. The number of aryl methyl sites for hydroxylation is 1. The average Bonchev–Trinajstić information content (AvgIpc) is 2.83. The minimum atomic E-state index is -0.466. The molecule has 1 aliphatic rings. The third-order valence-electron chi connectivity index (χ3n) is 3.64. The standard InChI is InChI=1S/C15H20FNO2/c1-3-14-11(6-7-19-14)9-17-15(18)12-5-4-10(2)8-13(12)16/h4-5,8,11,14H,3,6-7,9H2,1-2H3,(H,17,18). The maximum absolute atomic E-state index is 13.7. The second-order valence-corrected chi connectivity index (χ2v) is 5.06. The van der Waals surface area contributed by atoms with Crippen molar-refractivity contribution in [3.05, 3.63) is 35.1 Å². The molecule has 1 saturated heterocycles. The fourth-order valence-electron chi connectivity index (χ4n) is 2.50. The molecule has 2 rings (SSSR count). The number of nitrogens with one attached hydrogen (secondary N) is 1. The van der Waals surface area contributed by atoms with Crippen LogP contribution in [-0.2, 0) is 4.74 Å². The molecule has 104 valence electrons. The first kappa shape index (κ1) is 14.0. The van der Waals surface area contributed by atoms with Crippen LogP contribution in [-0.4, -0.2) is 25.2 Å². The van der Waals surface area contributed by atoms with Gasteiger partial charge in [0.1, 0.15) is 5.82 Å². The van der Waals surface area contributed by atoms with Crippen LogP contribution in [0.25, 0.3) is 0 Å². The minimum Gasteiger partial charge on any atom is -0.378 e. The lowest BCUT2D eigenvalue weighted by Gasteiger charge is -2.17. The van der Waals surface area contributed by atoms with Gasteiger partial charge in [-0.1, -0.05) is 13.0 Å². The van der Waals surface area contributed by atoms with Crippen LogP contribution in [0.3, 0.4) is 0 Å². The molecule has 2 atom stereocenters. The molecule has 0 aromatic heterocycles. The maximum Gasteiger partial charge on any atom is 0.254 e. The first-order chi connectivity index (χ1) is 9.11. The molecule has 19 heavy (non-hydrogen) atoms. The molecule has 0 saturated carbocycles. The normalized spacial score (nSPS) is 22.5. The van der Waals surface area contributed by atoms with Crippen LogP contribution >= 0.6 is 0 Å². The highest BCUT2D eigenvalue weighted by Crippen LogP contribution is 2.22. The van der Waals surface area contributed by atoms with E-state index in [9.17, 15) is 9.18 Å². The molecule has 1 aromatic rings. The minimum absolute atomic E-state index is 0.109. The average molecular weight is 265 g/mol. The van der Waals surface area contributed by atoms with E-state index in [1.54, 1.807) is 13.0 Å². The summed E-state index contributed by atoms with van der Waals surface area (Å²) in [7, 11) is 0. The number of amides is 1. The molecule has 2 unspecified atom stereocenters. The summed E-state index contributed by atoms with van der Waals surface area (Å²) in [5, 5.41) is 2.81. The molecule has 4 heteroatoms. The van der Waals surface area contributed by atoms with Crippen molar-refractivity contribution in [1.29, 1.82) is 0 Å². The van der Waals surface area contributed by atoms with Crippen molar-refractivity contribution in [3.8, 4) is 0 Å². The Morgan fingerprint density at radius 3 is 3.00 bits per heavy atom. The summed E-state index contributed by atoms with van der Waals surface area (Å²) in [5.74, 6) is -0.478. The highest BCUT2D eigenvalue weighted by atomic mass is 19.1. The van der Waals surface area contributed by atoms with Crippen LogP contribution in [0.15, 0.2) is 18.2 Å². The molecule has 1 amide bonds. The van der Waals surface area contributed by atoms with E-state index in [0.29, 0.717) is 12.5 Å². The zero-order valence-electron chi connectivity index (χ0n) is 11.4. The van der Waals surface area contributed by atoms with Crippen molar-refractivity contribution in [2.45, 2.75) is 32.8 Å². The second kappa shape index (κ2) is 6.15. The summed E-state index contributed by atoms with van der Waals surface area (Å²) >= 11 is 0. The number of carbonyl (C=O) groups is 1. The highest BCUT2D eigenvalue weighted by molar-refractivity contribution is 5.94. The van der Waals surface area contributed by atoms with Crippen LogP contribution in [0, 0.1) is 18.7 Å². The topological polar surface area (TPSA) is 38.3 Å². The van der Waals surface area contributed by atoms with E-state index in [4.69, 9.17) is 4.74 Å². The molecular weight excluding hydrogens is 245 g/mol. The van der Waals surface area contributed by atoms with Gasteiger partial charge in [0, 0.05) is 19.1 Å². The molecular formula is C15H20FNO2. The Labute approximate surface area is 113 Å². The van der Waals surface area contributed by atoms with E-state index in [0.717, 1.165) is 25.0 Å². The fraction of sp³-hybridized carbons (Fsp3) is 0.533. The molecule has 1 N–H and O–H groups in total. The maximum atomic E-state index is 13.7. The van der Waals surface area contributed by atoms with Crippen molar-refractivity contribution < 1.29 is 13.9 Å². The summed E-state index contributed by atoms with van der Waals surface area (Å²) < 4.78 is 19.2. The molecule has 0 bridgehead atoms. The van der Waals surface area contributed by atoms with Gasteiger partial charge in [-0.15, -0.1) is 0 Å². The van der Waals surface area contributed by atoms with Gasteiger partial charge < -0.3 is 10.1 Å². The Balaban J connectivity index is 1.94. The quantitative estimate of drug-likeness (QED) is 0.909. The molecule has 1 fully saturated rings. The second-order valence-electron chi connectivity index (χ2n) is 5.06. The first-order valence-corrected chi connectivity index (χ1v) is 6.77. The van der Waals surface area contributed by atoms with E-state index in [-0.39, 0.29) is 17.6 Å². The number of halogens is 1. The number of ether oxygens (including phenoxy) is 1. The van der Waals surface area contributed by atoms with Crippen LogP contribution in [0.2, 0.25) is 0 Å². The van der Waals surface area contributed by atoms with Gasteiger partial charge in [0.05, 0.1) is 11.7 Å². The van der Waals surface area contributed by atoms with Gasteiger partial charge in [0.25, 0.3) is 5.91 Å². The van der Waals surface area contributed by atoms with Gasteiger partial charge >= 0.3 is 0 Å². The van der Waals surface area contributed by atoms with Gasteiger partial charge in [0.2, 0.25) is 0 Å². The van der Waals surface area contributed by atoms with Crippen molar-refractivity contribution in [1.82, 2.24) is 5.32 Å². The molecule has 1 heterocycles. The zero-order valence-corrected chi connectivity index (χ0v) is 11.4. The lowest BCUT2D eigenvalue weighted by atomic mass is 9.99. The van der Waals surface area contributed by atoms with Crippen molar-refractivity contribution in [2.75, 3.05) is 13.2 Å². The largest absolute Gasteiger partial charge is 0.378 e. The number of hydrogen-bond acceptors (Lipinski definition) is 2. The van der Waals surface area contributed by atoms with Crippen LogP contribution in [0.1, 0.15) is 35.7 Å². The van der Waals surface area contributed by atoms with E-state index in [1.807, 2.05) is 0 Å². The summed E-state index contributed by atoms with van der Waals surface area (Å²) in [6.07, 6.45) is 2.11. The van der Waals surface area contributed by atoms with Crippen LogP contribution in [0.4, 0.5) is 4.39 Å². The number of carbonyl (C=O) groups excluding carboxylic acids is 1. The Kier molecular flexibility index (Phi) is 4.53. The monoisotopic (exact) mass is 265 g/mol. The van der Waals surface area contributed by atoms with Crippen molar-refractivity contribution in [2.24, 2.45) is 5.92 Å². The molecule has 0 aliphatic carbocycles. The summed E-state index contributed by atoms with van der Waals surface area (Å²) in [6.45, 7) is 5.17. The van der Waals surface area contributed by atoms with Gasteiger partial charge in [-0.2, -0.15) is 0 Å². The Bertz CT molecular complexity index is 461. The van der Waals surface area contributed by atoms with Crippen molar-refractivity contribution >= 4 is 5.91 Å². The molecule has 1 aromatic carbocycles. The first-order valence-electron chi connectivity index (χ1n) is 6.77. The van der Waals surface area contributed by atoms with Crippen LogP contribution in [0.5, 0.6) is 0 Å². The van der Waals surface area contributed by atoms with Crippen LogP contribution < -0.4 is 5.32 Å². The summed E-state index contributed by atoms with van der Waals surface area (Å²) in [4.78, 5) is 11.9. The van der Waals surface area contributed by atoms with Gasteiger partial charge in [-0.3, -0.25) is 4.79 Å². The number of hydrogen-bond donors (Lipinski definition) is 1. The highest BCUT2D eigenvalue weighted by Gasteiger charge is 2.27. The van der Waals surface area contributed by atoms with E-state index in [2.05, 4.69) is 12.2 Å². The van der Waals surface area contributed by atoms with E-state index >= 15 is 0 Å².